The van der Waals surface area contributed by atoms with E-state index in [1.165, 1.54) is 11.3 Å². The van der Waals surface area contributed by atoms with E-state index in [2.05, 4.69) is 26.2 Å². The van der Waals surface area contributed by atoms with Crippen LogP contribution in [0.2, 0.25) is 0 Å². The number of halogens is 1. The van der Waals surface area contributed by atoms with E-state index in [9.17, 15) is 5.11 Å². The molecule has 2 rings (SSSR count). The molecule has 2 heterocycles. The number of hydrogen-bond donors (Lipinski definition) is 2. The molecule has 1 fully saturated rings. The highest BCUT2D eigenvalue weighted by Gasteiger charge is 2.37. The van der Waals surface area contributed by atoms with Crippen LogP contribution >= 0.6 is 27.3 Å². The molecular weight excluding hydrogens is 264 g/mol. The average Bonchev–Trinajstić information content (AvgIpc) is 2.72. The molecule has 1 aliphatic heterocycles. The Labute approximate surface area is 95.7 Å². The van der Waals surface area contributed by atoms with Crippen molar-refractivity contribution in [3.8, 4) is 0 Å². The molecule has 0 spiro atoms. The van der Waals surface area contributed by atoms with Crippen molar-refractivity contribution in [2.24, 2.45) is 0 Å². The van der Waals surface area contributed by atoms with Crippen LogP contribution in [0.4, 0.5) is 0 Å². The lowest BCUT2D eigenvalue weighted by molar-refractivity contribution is 0.0215. The fourth-order valence-electron chi connectivity index (χ4n) is 1.80. The van der Waals surface area contributed by atoms with E-state index in [-0.39, 0.29) is 6.04 Å². The minimum absolute atomic E-state index is 0.139. The van der Waals surface area contributed by atoms with Gasteiger partial charge < -0.3 is 10.4 Å². The van der Waals surface area contributed by atoms with Gasteiger partial charge in [0.05, 0.1) is 0 Å². The minimum atomic E-state index is -0.840. The van der Waals surface area contributed by atoms with Crippen molar-refractivity contribution in [3.63, 3.8) is 0 Å². The average molecular weight is 277 g/mol. The first-order valence-corrected chi connectivity index (χ1v) is 6.35. The first-order valence-electron chi connectivity index (χ1n) is 4.68. The molecule has 78 valence electrons. The number of nitrogens with zero attached hydrogens (tertiary/aromatic N) is 1. The van der Waals surface area contributed by atoms with Crippen molar-refractivity contribution in [2.75, 3.05) is 6.54 Å². The van der Waals surface area contributed by atoms with Crippen molar-refractivity contribution in [1.29, 1.82) is 0 Å². The molecule has 0 amide bonds. The standard InChI is InChI=1S/C9H13BrN2OS/c1-9(13,6-3-2-4-11-6)8-12-7(10)5-14-8/h5-6,11,13H,2-4H2,1H3. The second-order valence-electron chi connectivity index (χ2n) is 3.77. The van der Waals surface area contributed by atoms with E-state index in [0.29, 0.717) is 0 Å². The summed E-state index contributed by atoms with van der Waals surface area (Å²) in [5, 5.41) is 16.4. The normalized spacial score (nSPS) is 26.4. The van der Waals surface area contributed by atoms with Crippen LogP contribution in [0.1, 0.15) is 24.8 Å². The van der Waals surface area contributed by atoms with Gasteiger partial charge in [0.2, 0.25) is 0 Å². The predicted octanol–water partition coefficient (Wildman–Crippen LogP) is 1.87. The zero-order valence-electron chi connectivity index (χ0n) is 7.96. The van der Waals surface area contributed by atoms with Crippen molar-refractivity contribution < 1.29 is 5.11 Å². The van der Waals surface area contributed by atoms with Crippen LogP contribution in [0.5, 0.6) is 0 Å². The van der Waals surface area contributed by atoms with Gasteiger partial charge in [0, 0.05) is 11.4 Å². The van der Waals surface area contributed by atoms with Crippen molar-refractivity contribution in [3.05, 3.63) is 15.0 Å². The molecule has 14 heavy (non-hydrogen) atoms. The summed E-state index contributed by atoms with van der Waals surface area (Å²) in [7, 11) is 0. The molecule has 0 saturated carbocycles. The van der Waals surface area contributed by atoms with E-state index in [1.54, 1.807) is 0 Å². The van der Waals surface area contributed by atoms with Crippen LogP contribution in [0.15, 0.2) is 9.98 Å². The van der Waals surface area contributed by atoms with Crippen LogP contribution in [-0.2, 0) is 5.60 Å². The van der Waals surface area contributed by atoms with E-state index in [0.717, 1.165) is 29.0 Å². The van der Waals surface area contributed by atoms with Crippen LogP contribution in [0.3, 0.4) is 0 Å². The molecule has 0 aromatic carbocycles. The molecule has 0 aliphatic carbocycles. The molecule has 2 N–H and O–H groups in total. The molecule has 5 heteroatoms. The smallest absolute Gasteiger partial charge is 0.128 e. The maximum Gasteiger partial charge on any atom is 0.128 e. The molecule has 2 unspecified atom stereocenters. The summed E-state index contributed by atoms with van der Waals surface area (Å²) < 4.78 is 0.802. The molecule has 1 aliphatic rings. The fraction of sp³-hybridized carbons (Fsp3) is 0.667. The Balaban J connectivity index is 2.22. The summed E-state index contributed by atoms with van der Waals surface area (Å²) >= 11 is 4.80. The Hall–Kier alpha value is 0.0300. The Kier molecular flexibility index (Phi) is 2.93. The fourth-order valence-corrected chi connectivity index (χ4v) is 3.17. The molecular formula is C9H13BrN2OS. The van der Waals surface area contributed by atoms with Gasteiger partial charge in [-0.2, -0.15) is 0 Å². The molecule has 1 saturated heterocycles. The van der Waals surface area contributed by atoms with E-state index in [1.807, 2.05) is 12.3 Å². The molecule has 2 atom stereocenters. The predicted molar refractivity (Wildman–Crippen MR) is 60.4 cm³/mol. The third-order valence-corrected chi connectivity index (χ3v) is 4.43. The first kappa shape index (κ1) is 10.5. The number of aliphatic hydroxyl groups is 1. The number of aromatic nitrogens is 1. The second kappa shape index (κ2) is 3.89. The summed E-state index contributed by atoms with van der Waals surface area (Å²) in [5.74, 6) is 0. The van der Waals surface area contributed by atoms with Crippen LogP contribution in [-0.4, -0.2) is 22.7 Å². The van der Waals surface area contributed by atoms with Gasteiger partial charge in [-0.05, 0) is 42.2 Å². The van der Waals surface area contributed by atoms with Gasteiger partial charge in [-0.3, -0.25) is 0 Å². The quantitative estimate of drug-likeness (QED) is 0.867. The zero-order chi connectivity index (χ0) is 10.2. The maximum absolute atomic E-state index is 10.4. The maximum atomic E-state index is 10.4. The molecule has 3 nitrogen and oxygen atoms in total. The number of thiazole rings is 1. The zero-order valence-corrected chi connectivity index (χ0v) is 10.4. The van der Waals surface area contributed by atoms with E-state index >= 15 is 0 Å². The van der Waals surface area contributed by atoms with Gasteiger partial charge >= 0.3 is 0 Å². The monoisotopic (exact) mass is 276 g/mol. The largest absolute Gasteiger partial charge is 0.381 e. The summed E-state index contributed by atoms with van der Waals surface area (Å²) in [6.45, 7) is 2.83. The number of rotatable bonds is 2. The van der Waals surface area contributed by atoms with Crippen LogP contribution in [0, 0.1) is 0 Å². The van der Waals surface area contributed by atoms with Gasteiger partial charge in [0.25, 0.3) is 0 Å². The lowest BCUT2D eigenvalue weighted by atomic mass is 9.96. The van der Waals surface area contributed by atoms with Crippen molar-refractivity contribution in [2.45, 2.75) is 31.4 Å². The Morgan fingerprint density at radius 2 is 2.57 bits per heavy atom. The summed E-state index contributed by atoms with van der Waals surface area (Å²) in [4.78, 5) is 4.27. The van der Waals surface area contributed by atoms with Crippen LogP contribution < -0.4 is 5.32 Å². The Morgan fingerprint density at radius 3 is 3.07 bits per heavy atom. The Morgan fingerprint density at radius 1 is 1.79 bits per heavy atom. The SMILES string of the molecule is CC(O)(c1nc(Br)cs1)C1CCCN1. The minimum Gasteiger partial charge on any atom is -0.381 e. The topological polar surface area (TPSA) is 45.2 Å². The molecule has 0 radical (unpaired) electrons. The van der Waals surface area contributed by atoms with Gasteiger partial charge in [-0.15, -0.1) is 11.3 Å². The third kappa shape index (κ3) is 1.86. The van der Waals surface area contributed by atoms with Crippen molar-refractivity contribution in [1.82, 2.24) is 10.3 Å². The van der Waals surface area contributed by atoms with E-state index < -0.39 is 5.60 Å². The molecule has 1 aromatic heterocycles. The summed E-state index contributed by atoms with van der Waals surface area (Å²) in [5.41, 5.74) is -0.840. The van der Waals surface area contributed by atoms with Crippen molar-refractivity contribution >= 4 is 27.3 Å². The highest BCUT2D eigenvalue weighted by molar-refractivity contribution is 9.10. The molecule has 0 bridgehead atoms. The van der Waals surface area contributed by atoms with E-state index in [4.69, 9.17) is 0 Å². The first-order chi connectivity index (χ1) is 6.60. The highest BCUT2D eigenvalue weighted by atomic mass is 79.9. The summed E-state index contributed by atoms with van der Waals surface area (Å²) in [6, 6.07) is 0.139. The Bertz CT molecular complexity index is 320. The van der Waals surface area contributed by atoms with Gasteiger partial charge in [-0.1, -0.05) is 0 Å². The van der Waals surface area contributed by atoms with Gasteiger partial charge in [-0.25, -0.2) is 4.98 Å². The number of hydrogen-bond acceptors (Lipinski definition) is 4. The second-order valence-corrected chi connectivity index (χ2v) is 5.44. The van der Waals surface area contributed by atoms with Gasteiger partial charge in [0.1, 0.15) is 15.2 Å². The van der Waals surface area contributed by atoms with Crippen LogP contribution in [0.25, 0.3) is 0 Å². The molecule has 1 aromatic rings. The lowest BCUT2D eigenvalue weighted by Gasteiger charge is -2.27. The lowest BCUT2D eigenvalue weighted by Crippen LogP contribution is -2.42. The third-order valence-electron chi connectivity index (χ3n) is 2.65. The highest BCUT2D eigenvalue weighted by Crippen LogP contribution is 2.32. The van der Waals surface area contributed by atoms with Gasteiger partial charge in [0.15, 0.2) is 0 Å². The summed E-state index contributed by atoms with van der Waals surface area (Å²) in [6.07, 6.45) is 2.15. The number of nitrogens with one attached hydrogen (secondary N) is 1.